The molecule has 7 heavy (non-hydrogen) atoms. The van der Waals surface area contributed by atoms with Crippen molar-refractivity contribution in [1.82, 2.24) is 0 Å². The van der Waals surface area contributed by atoms with Gasteiger partial charge in [0.15, 0.2) is 0 Å². The molecule has 0 amide bonds. The summed E-state index contributed by atoms with van der Waals surface area (Å²) in [5.74, 6) is 0. The van der Waals surface area contributed by atoms with Gasteiger partial charge in [-0.2, -0.15) is 0 Å². The summed E-state index contributed by atoms with van der Waals surface area (Å²) in [6, 6.07) is 0. The number of rotatable bonds is 0. The van der Waals surface area contributed by atoms with Crippen LogP contribution >= 0.6 is 24.8 Å². The molecule has 0 saturated heterocycles. The standard InChI is InChI=1S/C3H7NS2Se/c1-4(2,7)3(5)6/h1-2H3,(H,5,6). The molecule has 0 aliphatic heterocycles. The molecule has 0 radical (unpaired) electrons. The minimum atomic E-state index is 0.526. The van der Waals surface area contributed by atoms with Crippen LogP contribution < -0.4 is 0 Å². The molecule has 0 aromatic carbocycles. The molecule has 42 valence electrons. The summed E-state index contributed by atoms with van der Waals surface area (Å²) < 4.78 is 1.18. The molecule has 0 aromatic rings. The van der Waals surface area contributed by atoms with Crippen LogP contribution in [-0.2, 0) is 0 Å². The van der Waals surface area contributed by atoms with Crippen molar-refractivity contribution in [3.63, 3.8) is 0 Å². The van der Waals surface area contributed by atoms with Crippen LogP contribution in [0.1, 0.15) is 0 Å². The predicted octanol–water partition coefficient (Wildman–Crippen LogP) is 0.361. The summed E-state index contributed by atoms with van der Waals surface area (Å²) in [6.45, 7) is 0. The van der Waals surface area contributed by atoms with E-state index in [0.717, 1.165) is 0 Å². The van der Waals surface area contributed by atoms with E-state index in [1.54, 1.807) is 0 Å². The van der Waals surface area contributed by atoms with Crippen molar-refractivity contribution < 1.29 is 3.50 Å². The molecular weight excluding hydrogens is 193 g/mol. The molecule has 1 nitrogen and oxygen atoms in total. The number of thiocarbonyl (C=S) groups is 1. The van der Waals surface area contributed by atoms with Crippen molar-refractivity contribution in [1.29, 1.82) is 0 Å². The van der Waals surface area contributed by atoms with Crippen molar-refractivity contribution >= 4 is 45.4 Å². The number of hydrogen-bond donors (Lipinski definition) is 1. The Hall–Kier alpha value is 0.919. The van der Waals surface area contributed by atoms with Crippen molar-refractivity contribution in [2.24, 2.45) is 0 Å². The van der Waals surface area contributed by atoms with E-state index in [-0.39, 0.29) is 0 Å². The fourth-order valence-corrected chi connectivity index (χ4v) is 0. The molecule has 4 heteroatoms. The summed E-state index contributed by atoms with van der Waals surface area (Å²) in [5.41, 5.74) is 0. The normalized spacial score (nSPS) is 11.4. The monoisotopic (exact) mass is 201 g/mol. The Morgan fingerprint density at radius 3 is 1.86 bits per heavy atom. The van der Waals surface area contributed by atoms with E-state index in [0.29, 0.717) is 7.82 Å². The Kier molecular flexibility index (Phi) is 2.79. The average molecular weight is 200 g/mol. The van der Waals surface area contributed by atoms with Crippen LogP contribution in [0, 0.1) is 0 Å². The van der Waals surface area contributed by atoms with Gasteiger partial charge in [0, 0.05) is 0 Å². The molecule has 0 aliphatic carbocycles. The molecular formula is C3H7NS2Se. The van der Waals surface area contributed by atoms with Gasteiger partial charge in [0.05, 0.1) is 0 Å². The first-order chi connectivity index (χ1) is 2.94. The molecule has 0 heterocycles. The Balaban J connectivity index is 3.79. The van der Waals surface area contributed by atoms with Crippen LogP contribution in [0.4, 0.5) is 0 Å². The molecule has 0 N–H and O–H groups in total. The maximum absolute atomic E-state index is 4.74. The Morgan fingerprint density at radius 1 is 1.71 bits per heavy atom. The van der Waals surface area contributed by atoms with E-state index < -0.39 is 0 Å². The third-order valence-electron chi connectivity index (χ3n) is 0.461. The second-order valence-electron chi connectivity index (χ2n) is 1.63. The van der Waals surface area contributed by atoms with Crippen molar-refractivity contribution in [2.75, 3.05) is 14.1 Å². The van der Waals surface area contributed by atoms with Crippen LogP contribution in [0.2, 0.25) is 0 Å². The molecule has 0 fully saturated rings. The first-order valence-electron chi connectivity index (χ1n) is 1.73. The maximum atomic E-state index is 4.74. The summed E-state index contributed by atoms with van der Waals surface area (Å²) in [7, 11) is 3.85. The SMILES string of the molecule is C[N+](C)([Se-])C(=S)S. The zero-order valence-electron chi connectivity index (χ0n) is 4.21. The first kappa shape index (κ1) is 7.92. The summed E-state index contributed by atoms with van der Waals surface area (Å²) >= 11 is 11.5. The predicted molar refractivity (Wildman–Crippen MR) is 39.4 cm³/mol. The van der Waals surface area contributed by atoms with Crippen LogP contribution in [0.3, 0.4) is 0 Å². The average Bonchev–Trinajstić information content (AvgIpc) is 1.31. The zero-order chi connectivity index (χ0) is 6.08. The van der Waals surface area contributed by atoms with Gasteiger partial charge < -0.3 is 0 Å². The molecule has 0 aliphatic rings. The van der Waals surface area contributed by atoms with Crippen molar-refractivity contribution in [3.05, 3.63) is 0 Å². The van der Waals surface area contributed by atoms with Gasteiger partial charge in [-0.3, -0.25) is 0 Å². The molecule has 0 unspecified atom stereocenters. The van der Waals surface area contributed by atoms with Crippen molar-refractivity contribution in [3.8, 4) is 0 Å². The van der Waals surface area contributed by atoms with E-state index in [9.17, 15) is 0 Å². The summed E-state index contributed by atoms with van der Waals surface area (Å²) in [4.78, 5) is 0. The second-order valence-corrected chi connectivity index (χ2v) is 4.66. The summed E-state index contributed by atoms with van der Waals surface area (Å²) in [6.07, 6.45) is 0. The minimum absolute atomic E-state index is 0.526. The topological polar surface area (TPSA) is 0 Å². The zero-order valence-corrected chi connectivity index (χ0v) is 7.63. The third-order valence-corrected chi connectivity index (χ3v) is 2.37. The number of quaternary nitrogens is 1. The van der Waals surface area contributed by atoms with Gasteiger partial charge in [0.2, 0.25) is 0 Å². The third kappa shape index (κ3) is 3.50. The molecule has 0 aromatic heterocycles. The number of hydrogen-bond acceptors (Lipinski definition) is 1. The van der Waals surface area contributed by atoms with E-state index in [1.807, 2.05) is 14.1 Å². The number of nitrogens with zero attached hydrogens (tertiary/aromatic N) is 1. The number of thiol groups is 1. The van der Waals surface area contributed by atoms with Crippen LogP contribution in [-0.4, -0.2) is 38.1 Å². The van der Waals surface area contributed by atoms with Gasteiger partial charge in [-0.1, -0.05) is 0 Å². The van der Waals surface area contributed by atoms with Gasteiger partial charge in [-0.25, -0.2) is 0 Å². The van der Waals surface area contributed by atoms with Gasteiger partial charge in [0.1, 0.15) is 0 Å². The van der Waals surface area contributed by atoms with Crippen molar-refractivity contribution in [2.45, 2.75) is 0 Å². The molecule has 0 bridgehead atoms. The van der Waals surface area contributed by atoms with Gasteiger partial charge >= 0.3 is 63.0 Å². The molecule has 0 rings (SSSR count). The molecule has 0 saturated carbocycles. The van der Waals surface area contributed by atoms with E-state index >= 15 is 0 Å². The van der Waals surface area contributed by atoms with E-state index in [1.165, 1.54) is 0 Å². The van der Waals surface area contributed by atoms with E-state index in [4.69, 9.17) is 12.2 Å². The molecule has 0 spiro atoms. The van der Waals surface area contributed by atoms with Crippen LogP contribution in [0.25, 0.3) is 0 Å². The Bertz CT molecular complexity index is 85.4. The second kappa shape index (κ2) is 2.46. The van der Waals surface area contributed by atoms with Crippen LogP contribution in [0.5, 0.6) is 0 Å². The Morgan fingerprint density at radius 2 is 1.86 bits per heavy atom. The summed E-state index contributed by atoms with van der Waals surface area (Å²) in [5, 5.41) is 0. The molecule has 0 atom stereocenters. The first-order valence-corrected chi connectivity index (χ1v) is 3.35. The quantitative estimate of drug-likeness (QED) is 0.335. The van der Waals surface area contributed by atoms with Gasteiger partial charge in [-0.15, -0.1) is 0 Å². The fourth-order valence-electron chi connectivity index (χ4n) is 0. The van der Waals surface area contributed by atoms with E-state index in [2.05, 4.69) is 28.9 Å². The Labute approximate surface area is 63.1 Å². The van der Waals surface area contributed by atoms with Gasteiger partial charge in [-0.05, 0) is 0 Å². The fraction of sp³-hybridized carbons (Fsp3) is 0.667. The van der Waals surface area contributed by atoms with Crippen LogP contribution in [0.15, 0.2) is 0 Å². The van der Waals surface area contributed by atoms with Gasteiger partial charge in [0.25, 0.3) is 0 Å².